The van der Waals surface area contributed by atoms with Gasteiger partial charge in [-0.2, -0.15) is 0 Å². The molecule has 0 amide bonds. The fourth-order valence-corrected chi connectivity index (χ4v) is 1.97. The first kappa shape index (κ1) is 12.1. The molecule has 1 atom stereocenters. The van der Waals surface area contributed by atoms with E-state index in [1.54, 1.807) is 24.7 Å². The summed E-state index contributed by atoms with van der Waals surface area (Å²) in [7, 11) is 0. The normalized spacial score (nSPS) is 12.6. The van der Waals surface area contributed by atoms with Crippen molar-refractivity contribution >= 4 is 11.6 Å². The van der Waals surface area contributed by atoms with Crippen LogP contribution in [0, 0.1) is 5.82 Å². The van der Waals surface area contributed by atoms with Gasteiger partial charge in [0.05, 0.1) is 18.6 Å². The summed E-state index contributed by atoms with van der Waals surface area (Å²) in [5.41, 5.74) is 1.41. The van der Waals surface area contributed by atoms with Crippen LogP contribution in [0.15, 0.2) is 41.2 Å². The lowest BCUT2D eigenvalue weighted by Crippen LogP contribution is -2.22. The van der Waals surface area contributed by atoms with Crippen molar-refractivity contribution in [1.82, 2.24) is 5.32 Å². The molecule has 0 fully saturated rings. The SMILES string of the molecule is CCNC(c1ccoc1)c1cc(Cl)ccc1F. The van der Waals surface area contributed by atoms with Crippen molar-refractivity contribution in [1.29, 1.82) is 0 Å². The molecular weight excluding hydrogens is 241 g/mol. The summed E-state index contributed by atoms with van der Waals surface area (Å²) >= 11 is 5.90. The Balaban J connectivity index is 2.42. The third kappa shape index (κ3) is 2.68. The second-order valence-electron chi connectivity index (χ2n) is 3.71. The first-order valence-electron chi connectivity index (χ1n) is 5.42. The fourth-order valence-electron chi connectivity index (χ4n) is 1.79. The van der Waals surface area contributed by atoms with E-state index < -0.39 is 0 Å². The number of benzene rings is 1. The second kappa shape index (κ2) is 5.34. The number of halogens is 2. The highest BCUT2D eigenvalue weighted by atomic mass is 35.5. The zero-order chi connectivity index (χ0) is 12.3. The first-order chi connectivity index (χ1) is 8.22. The molecule has 2 aromatic rings. The Kier molecular flexibility index (Phi) is 3.82. The predicted molar refractivity (Wildman–Crippen MR) is 65.6 cm³/mol. The largest absolute Gasteiger partial charge is 0.472 e. The third-order valence-corrected chi connectivity index (χ3v) is 2.79. The fraction of sp³-hybridized carbons (Fsp3) is 0.231. The minimum atomic E-state index is -0.276. The van der Waals surface area contributed by atoms with E-state index in [1.165, 1.54) is 6.07 Å². The number of rotatable bonds is 4. The molecule has 1 unspecified atom stereocenters. The molecule has 1 aromatic heterocycles. The van der Waals surface area contributed by atoms with Crippen LogP contribution in [0.25, 0.3) is 0 Å². The molecule has 4 heteroatoms. The molecule has 17 heavy (non-hydrogen) atoms. The molecule has 1 heterocycles. The molecule has 0 aliphatic rings. The van der Waals surface area contributed by atoms with Gasteiger partial charge in [0.2, 0.25) is 0 Å². The first-order valence-corrected chi connectivity index (χ1v) is 5.80. The van der Waals surface area contributed by atoms with E-state index in [0.29, 0.717) is 10.6 Å². The lowest BCUT2D eigenvalue weighted by atomic mass is 10.0. The average Bonchev–Trinajstić information content (AvgIpc) is 2.83. The quantitative estimate of drug-likeness (QED) is 0.897. The standard InChI is InChI=1S/C13H13ClFNO/c1-2-16-13(9-5-6-17-8-9)11-7-10(14)3-4-12(11)15/h3-8,13,16H,2H2,1H3. The van der Waals surface area contributed by atoms with Crippen LogP contribution in [0.5, 0.6) is 0 Å². The van der Waals surface area contributed by atoms with Crippen molar-refractivity contribution in [3.63, 3.8) is 0 Å². The number of hydrogen-bond acceptors (Lipinski definition) is 2. The van der Waals surface area contributed by atoms with Crippen molar-refractivity contribution < 1.29 is 8.81 Å². The van der Waals surface area contributed by atoms with Gasteiger partial charge in [0, 0.05) is 16.1 Å². The second-order valence-corrected chi connectivity index (χ2v) is 4.15. The van der Waals surface area contributed by atoms with Gasteiger partial charge in [0.25, 0.3) is 0 Å². The molecule has 2 nitrogen and oxygen atoms in total. The maximum absolute atomic E-state index is 13.8. The van der Waals surface area contributed by atoms with Crippen molar-refractivity contribution in [2.45, 2.75) is 13.0 Å². The molecule has 0 spiro atoms. The zero-order valence-electron chi connectivity index (χ0n) is 9.41. The van der Waals surface area contributed by atoms with E-state index in [0.717, 1.165) is 12.1 Å². The maximum Gasteiger partial charge on any atom is 0.128 e. The summed E-state index contributed by atoms with van der Waals surface area (Å²) in [4.78, 5) is 0. The van der Waals surface area contributed by atoms with Gasteiger partial charge in [-0.05, 0) is 30.8 Å². The Morgan fingerprint density at radius 3 is 2.88 bits per heavy atom. The molecule has 0 aliphatic carbocycles. The Morgan fingerprint density at radius 2 is 2.24 bits per heavy atom. The van der Waals surface area contributed by atoms with Crippen LogP contribution >= 0.6 is 11.6 Å². The summed E-state index contributed by atoms with van der Waals surface area (Å²) < 4.78 is 18.8. The molecule has 0 bridgehead atoms. The molecule has 2 rings (SSSR count). The van der Waals surface area contributed by atoms with Gasteiger partial charge in [-0.1, -0.05) is 18.5 Å². The third-order valence-electron chi connectivity index (χ3n) is 2.55. The zero-order valence-corrected chi connectivity index (χ0v) is 10.2. The maximum atomic E-state index is 13.8. The Bertz CT molecular complexity index is 484. The van der Waals surface area contributed by atoms with E-state index in [-0.39, 0.29) is 11.9 Å². The van der Waals surface area contributed by atoms with E-state index in [9.17, 15) is 4.39 Å². The molecule has 0 saturated heterocycles. The lowest BCUT2D eigenvalue weighted by Gasteiger charge is -2.17. The molecular formula is C13H13ClFNO. The molecule has 0 radical (unpaired) electrons. The van der Waals surface area contributed by atoms with Crippen LogP contribution < -0.4 is 5.32 Å². The summed E-state index contributed by atoms with van der Waals surface area (Å²) in [5, 5.41) is 3.73. The van der Waals surface area contributed by atoms with Crippen LogP contribution in [0.4, 0.5) is 4.39 Å². The van der Waals surface area contributed by atoms with E-state index >= 15 is 0 Å². The predicted octanol–water partition coefficient (Wildman–Crippen LogP) is 3.77. The highest BCUT2D eigenvalue weighted by Gasteiger charge is 2.18. The number of hydrogen-bond donors (Lipinski definition) is 1. The summed E-state index contributed by atoms with van der Waals surface area (Å²) in [6.07, 6.45) is 3.18. The monoisotopic (exact) mass is 253 g/mol. The van der Waals surface area contributed by atoms with Gasteiger partial charge in [0.15, 0.2) is 0 Å². The van der Waals surface area contributed by atoms with Gasteiger partial charge >= 0.3 is 0 Å². The minimum absolute atomic E-state index is 0.238. The van der Waals surface area contributed by atoms with E-state index in [1.807, 2.05) is 13.0 Å². The minimum Gasteiger partial charge on any atom is -0.472 e. The molecule has 1 aromatic carbocycles. The summed E-state index contributed by atoms with van der Waals surface area (Å²) in [5.74, 6) is -0.276. The van der Waals surface area contributed by atoms with Crippen molar-refractivity contribution in [3.8, 4) is 0 Å². The summed E-state index contributed by atoms with van der Waals surface area (Å²) in [6, 6.07) is 6.13. The Morgan fingerprint density at radius 1 is 1.41 bits per heavy atom. The molecule has 0 saturated carbocycles. The van der Waals surface area contributed by atoms with Gasteiger partial charge < -0.3 is 9.73 Å². The van der Waals surface area contributed by atoms with E-state index in [4.69, 9.17) is 16.0 Å². The molecule has 90 valence electrons. The number of nitrogens with one attached hydrogen (secondary N) is 1. The van der Waals surface area contributed by atoms with Gasteiger partial charge in [0.1, 0.15) is 5.82 Å². The highest BCUT2D eigenvalue weighted by molar-refractivity contribution is 6.30. The van der Waals surface area contributed by atoms with Crippen LogP contribution in [-0.2, 0) is 0 Å². The van der Waals surface area contributed by atoms with Crippen LogP contribution in [0.3, 0.4) is 0 Å². The molecule has 0 aliphatic heterocycles. The van der Waals surface area contributed by atoms with Gasteiger partial charge in [-0.25, -0.2) is 4.39 Å². The topological polar surface area (TPSA) is 25.2 Å². The van der Waals surface area contributed by atoms with Crippen LogP contribution in [0.1, 0.15) is 24.1 Å². The smallest absolute Gasteiger partial charge is 0.128 e. The van der Waals surface area contributed by atoms with Crippen molar-refractivity contribution in [2.24, 2.45) is 0 Å². The highest BCUT2D eigenvalue weighted by Crippen LogP contribution is 2.27. The molecule has 1 N–H and O–H groups in total. The van der Waals surface area contributed by atoms with Crippen molar-refractivity contribution in [3.05, 3.63) is 58.8 Å². The van der Waals surface area contributed by atoms with Crippen LogP contribution in [0.2, 0.25) is 5.02 Å². The average molecular weight is 254 g/mol. The lowest BCUT2D eigenvalue weighted by molar-refractivity contribution is 0.538. The van der Waals surface area contributed by atoms with Gasteiger partial charge in [-0.3, -0.25) is 0 Å². The Labute approximate surface area is 104 Å². The Hall–Kier alpha value is -1.32. The summed E-state index contributed by atoms with van der Waals surface area (Å²) in [6.45, 7) is 2.69. The van der Waals surface area contributed by atoms with Crippen LogP contribution in [-0.4, -0.2) is 6.54 Å². The van der Waals surface area contributed by atoms with Gasteiger partial charge in [-0.15, -0.1) is 0 Å². The van der Waals surface area contributed by atoms with Crippen molar-refractivity contribution in [2.75, 3.05) is 6.54 Å². The number of furan rings is 1. The van der Waals surface area contributed by atoms with E-state index in [2.05, 4.69) is 5.32 Å².